The van der Waals surface area contributed by atoms with Crippen LogP contribution in [0.25, 0.3) is 0 Å². The van der Waals surface area contributed by atoms with Crippen LogP contribution in [0.2, 0.25) is 0 Å². The first-order valence-corrected chi connectivity index (χ1v) is 4.61. The Bertz CT molecular complexity index is 443. The number of nitrogens with two attached hydrogens (primary N) is 1. The van der Waals surface area contributed by atoms with Crippen molar-refractivity contribution in [2.75, 3.05) is 12.3 Å². The molecular weight excluding hydrogens is 242 g/mol. The molecular formula is C10H9F4NO2. The van der Waals surface area contributed by atoms with Crippen molar-refractivity contribution in [3.05, 3.63) is 29.1 Å². The Labute approximate surface area is 94.2 Å². The standard InChI is InChI=1S/C10H9F4NO2/c1-2-17-9(16)5-3-4-6(10(12,13)14)8(15)7(5)11/h3-4H,2,15H2,1H3. The molecule has 1 aromatic carbocycles. The number of benzene rings is 1. The van der Waals surface area contributed by atoms with Gasteiger partial charge in [0, 0.05) is 0 Å². The van der Waals surface area contributed by atoms with Crippen LogP contribution in [0.5, 0.6) is 0 Å². The molecule has 1 rings (SSSR count). The molecule has 0 saturated carbocycles. The first kappa shape index (κ1) is 13.3. The first-order valence-electron chi connectivity index (χ1n) is 4.61. The third kappa shape index (κ3) is 2.66. The van der Waals surface area contributed by atoms with E-state index in [4.69, 9.17) is 5.73 Å². The number of nitrogen functional groups attached to an aromatic ring is 1. The molecule has 0 heterocycles. The van der Waals surface area contributed by atoms with Gasteiger partial charge in [0.15, 0.2) is 5.82 Å². The summed E-state index contributed by atoms with van der Waals surface area (Å²) in [7, 11) is 0. The summed E-state index contributed by atoms with van der Waals surface area (Å²) in [6, 6.07) is 1.25. The van der Waals surface area contributed by atoms with E-state index >= 15 is 0 Å². The van der Waals surface area contributed by atoms with Crippen LogP contribution in [-0.2, 0) is 10.9 Å². The highest BCUT2D eigenvalue weighted by molar-refractivity contribution is 5.91. The predicted molar refractivity (Wildman–Crippen MR) is 51.8 cm³/mol. The molecule has 1 aromatic rings. The molecule has 0 aliphatic heterocycles. The largest absolute Gasteiger partial charge is 0.462 e. The molecule has 0 amide bonds. The van der Waals surface area contributed by atoms with Gasteiger partial charge in [-0.1, -0.05) is 0 Å². The molecule has 0 atom stereocenters. The number of carbonyl (C=O) groups excluding carboxylic acids is 1. The molecule has 0 aliphatic carbocycles. The van der Waals surface area contributed by atoms with Crippen molar-refractivity contribution in [1.82, 2.24) is 0 Å². The lowest BCUT2D eigenvalue weighted by molar-refractivity contribution is -0.137. The van der Waals surface area contributed by atoms with Crippen LogP contribution in [0.3, 0.4) is 0 Å². The van der Waals surface area contributed by atoms with E-state index in [0.717, 1.165) is 0 Å². The second-order valence-corrected chi connectivity index (χ2v) is 3.11. The Morgan fingerprint density at radius 2 is 2.00 bits per heavy atom. The third-order valence-corrected chi connectivity index (χ3v) is 1.98. The summed E-state index contributed by atoms with van der Waals surface area (Å²) in [4.78, 5) is 11.2. The summed E-state index contributed by atoms with van der Waals surface area (Å²) in [5.74, 6) is -2.47. The van der Waals surface area contributed by atoms with E-state index in [-0.39, 0.29) is 6.61 Å². The summed E-state index contributed by atoms with van der Waals surface area (Å²) < 4.78 is 55.0. The van der Waals surface area contributed by atoms with Gasteiger partial charge in [-0.05, 0) is 19.1 Å². The fourth-order valence-electron chi connectivity index (χ4n) is 1.21. The Morgan fingerprint density at radius 1 is 1.41 bits per heavy atom. The molecule has 0 radical (unpaired) electrons. The minimum Gasteiger partial charge on any atom is -0.462 e. The highest BCUT2D eigenvalue weighted by Gasteiger charge is 2.35. The van der Waals surface area contributed by atoms with E-state index in [1.807, 2.05) is 0 Å². The molecule has 17 heavy (non-hydrogen) atoms. The zero-order valence-corrected chi connectivity index (χ0v) is 8.77. The highest BCUT2D eigenvalue weighted by atomic mass is 19.4. The van der Waals surface area contributed by atoms with Gasteiger partial charge in [-0.25, -0.2) is 9.18 Å². The fraction of sp³-hybridized carbons (Fsp3) is 0.300. The molecule has 0 bridgehead atoms. The van der Waals surface area contributed by atoms with Crippen molar-refractivity contribution in [2.45, 2.75) is 13.1 Å². The van der Waals surface area contributed by atoms with Gasteiger partial charge in [-0.15, -0.1) is 0 Å². The van der Waals surface area contributed by atoms with Crippen molar-refractivity contribution in [3.63, 3.8) is 0 Å². The number of alkyl halides is 3. The normalized spacial score (nSPS) is 11.4. The SMILES string of the molecule is CCOC(=O)c1ccc(C(F)(F)F)c(N)c1F. The number of rotatable bonds is 2. The zero-order chi connectivity index (χ0) is 13.2. The van der Waals surface area contributed by atoms with Crippen LogP contribution >= 0.6 is 0 Å². The molecule has 0 spiro atoms. The average Bonchev–Trinajstić information content (AvgIpc) is 2.20. The summed E-state index contributed by atoms with van der Waals surface area (Å²) in [6.07, 6.45) is -4.77. The maximum Gasteiger partial charge on any atom is 0.418 e. The van der Waals surface area contributed by atoms with Crippen molar-refractivity contribution in [2.24, 2.45) is 0 Å². The maximum atomic E-state index is 13.4. The van der Waals surface area contributed by atoms with E-state index in [9.17, 15) is 22.4 Å². The van der Waals surface area contributed by atoms with Gasteiger partial charge in [0.2, 0.25) is 0 Å². The quantitative estimate of drug-likeness (QED) is 0.499. The molecule has 7 heteroatoms. The van der Waals surface area contributed by atoms with Gasteiger partial charge in [-0.3, -0.25) is 0 Å². The van der Waals surface area contributed by atoms with Crippen LogP contribution < -0.4 is 5.73 Å². The Kier molecular flexibility index (Phi) is 3.59. The van der Waals surface area contributed by atoms with E-state index in [1.54, 1.807) is 0 Å². The Morgan fingerprint density at radius 3 is 2.47 bits per heavy atom. The van der Waals surface area contributed by atoms with E-state index in [1.165, 1.54) is 6.92 Å². The van der Waals surface area contributed by atoms with Gasteiger partial charge >= 0.3 is 12.1 Å². The van der Waals surface area contributed by atoms with Crippen LogP contribution in [0.15, 0.2) is 12.1 Å². The number of anilines is 1. The molecule has 2 N–H and O–H groups in total. The molecule has 0 fully saturated rings. The molecule has 3 nitrogen and oxygen atoms in total. The number of carbonyl (C=O) groups is 1. The topological polar surface area (TPSA) is 52.3 Å². The first-order chi connectivity index (χ1) is 7.79. The van der Waals surface area contributed by atoms with Gasteiger partial charge in [-0.2, -0.15) is 13.2 Å². The fourth-order valence-corrected chi connectivity index (χ4v) is 1.21. The van der Waals surface area contributed by atoms with Gasteiger partial charge in [0.25, 0.3) is 0 Å². The van der Waals surface area contributed by atoms with Gasteiger partial charge in [0.05, 0.1) is 23.4 Å². The number of halogens is 4. The van der Waals surface area contributed by atoms with Crippen LogP contribution in [0.1, 0.15) is 22.8 Å². The molecule has 0 aliphatic rings. The van der Waals surface area contributed by atoms with Crippen molar-refractivity contribution in [3.8, 4) is 0 Å². The highest BCUT2D eigenvalue weighted by Crippen LogP contribution is 2.35. The molecule has 0 unspecified atom stereocenters. The minimum atomic E-state index is -4.77. The van der Waals surface area contributed by atoms with Crippen LogP contribution in [-0.4, -0.2) is 12.6 Å². The Balaban J connectivity index is 3.25. The predicted octanol–water partition coefficient (Wildman–Crippen LogP) is 2.60. The van der Waals surface area contributed by atoms with Gasteiger partial charge in [0.1, 0.15) is 0 Å². The smallest absolute Gasteiger partial charge is 0.418 e. The zero-order valence-electron chi connectivity index (χ0n) is 8.77. The summed E-state index contributed by atoms with van der Waals surface area (Å²) in [6.45, 7) is 1.47. The monoisotopic (exact) mass is 251 g/mol. The lowest BCUT2D eigenvalue weighted by Crippen LogP contribution is -2.14. The second-order valence-electron chi connectivity index (χ2n) is 3.11. The number of hydrogen-bond donors (Lipinski definition) is 1. The molecule has 94 valence electrons. The summed E-state index contributed by atoms with van der Waals surface area (Å²) in [5, 5.41) is 0. The van der Waals surface area contributed by atoms with Crippen LogP contribution in [0, 0.1) is 5.82 Å². The van der Waals surface area contributed by atoms with E-state index in [0.29, 0.717) is 12.1 Å². The lowest BCUT2D eigenvalue weighted by Gasteiger charge is -2.12. The minimum absolute atomic E-state index is 0.0147. The summed E-state index contributed by atoms with van der Waals surface area (Å²) >= 11 is 0. The lowest BCUT2D eigenvalue weighted by atomic mass is 10.1. The molecule has 0 aromatic heterocycles. The van der Waals surface area contributed by atoms with E-state index < -0.39 is 34.8 Å². The number of esters is 1. The Hall–Kier alpha value is -1.79. The maximum absolute atomic E-state index is 13.4. The van der Waals surface area contributed by atoms with Gasteiger partial charge < -0.3 is 10.5 Å². The average molecular weight is 251 g/mol. The second kappa shape index (κ2) is 4.60. The third-order valence-electron chi connectivity index (χ3n) is 1.98. The van der Waals surface area contributed by atoms with Crippen LogP contribution in [0.4, 0.5) is 23.2 Å². The van der Waals surface area contributed by atoms with Crippen molar-refractivity contribution < 1.29 is 27.1 Å². The molecule has 0 saturated heterocycles. The number of hydrogen-bond acceptors (Lipinski definition) is 3. The van der Waals surface area contributed by atoms with E-state index in [2.05, 4.69) is 4.74 Å². The van der Waals surface area contributed by atoms with Crippen molar-refractivity contribution in [1.29, 1.82) is 0 Å². The van der Waals surface area contributed by atoms with Crippen molar-refractivity contribution >= 4 is 11.7 Å². The number of ether oxygens (including phenoxy) is 1. The summed E-state index contributed by atoms with van der Waals surface area (Å²) in [5.41, 5.74) is 1.96.